The number of thioether (sulfide) groups is 1. The van der Waals surface area contributed by atoms with E-state index in [-0.39, 0.29) is 11.7 Å². The van der Waals surface area contributed by atoms with Crippen molar-refractivity contribution in [3.63, 3.8) is 0 Å². The van der Waals surface area contributed by atoms with Crippen LogP contribution < -0.4 is 0 Å². The van der Waals surface area contributed by atoms with Gasteiger partial charge in [0.05, 0.1) is 10.9 Å². The minimum atomic E-state index is -0.850. The second-order valence-corrected chi connectivity index (χ2v) is 6.42. The molecule has 1 fully saturated rings. The first-order valence-electron chi connectivity index (χ1n) is 6.59. The Bertz CT molecular complexity index is 530. The second-order valence-electron chi connectivity index (χ2n) is 5.17. The molecule has 1 saturated carbocycles. The van der Waals surface area contributed by atoms with Crippen molar-refractivity contribution in [3.05, 3.63) is 28.8 Å². The Kier molecular flexibility index (Phi) is 5.11. The molecule has 2 atom stereocenters. The van der Waals surface area contributed by atoms with Gasteiger partial charge in [0.15, 0.2) is 0 Å². The zero-order chi connectivity index (χ0) is 14.7. The summed E-state index contributed by atoms with van der Waals surface area (Å²) < 4.78 is 0. The van der Waals surface area contributed by atoms with Crippen molar-refractivity contribution in [3.8, 4) is 0 Å². The zero-order valence-electron chi connectivity index (χ0n) is 11.3. The molecule has 2 rings (SSSR count). The number of benzene rings is 1. The Morgan fingerprint density at radius 2 is 2.30 bits per heavy atom. The van der Waals surface area contributed by atoms with Crippen LogP contribution in [0.3, 0.4) is 0 Å². The molecule has 1 N–H and O–H groups in total. The molecule has 5 heteroatoms. The smallest absolute Gasteiger partial charge is 0.310 e. The van der Waals surface area contributed by atoms with Gasteiger partial charge in [0.25, 0.3) is 0 Å². The zero-order valence-corrected chi connectivity index (χ0v) is 12.8. The van der Waals surface area contributed by atoms with Crippen LogP contribution in [0.4, 0.5) is 0 Å². The monoisotopic (exact) mass is 312 g/mol. The van der Waals surface area contributed by atoms with E-state index < -0.39 is 11.9 Å². The van der Waals surface area contributed by atoms with Gasteiger partial charge in [0.2, 0.25) is 0 Å². The number of carbonyl (C=O) groups is 2. The normalized spacial score (nSPS) is 20.1. The molecule has 1 aliphatic carbocycles. The summed E-state index contributed by atoms with van der Waals surface area (Å²) in [6.07, 6.45) is 4.35. The quantitative estimate of drug-likeness (QED) is 0.835. The van der Waals surface area contributed by atoms with Gasteiger partial charge in [-0.05, 0) is 42.7 Å². The summed E-state index contributed by atoms with van der Waals surface area (Å²) in [4.78, 5) is 23.7. The molecule has 0 heterocycles. The highest BCUT2D eigenvalue weighted by molar-refractivity contribution is 7.98. The predicted molar refractivity (Wildman–Crippen MR) is 80.6 cm³/mol. The van der Waals surface area contributed by atoms with Crippen LogP contribution in [-0.4, -0.2) is 23.1 Å². The van der Waals surface area contributed by atoms with Gasteiger partial charge in [0, 0.05) is 17.7 Å². The van der Waals surface area contributed by atoms with Crippen LogP contribution in [-0.2, 0) is 9.59 Å². The fourth-order valence-corrected chi connectivity index (χ4v) is 3.58. The van der Waals surface area contributed by atoms with Crippen LogP contribution in [0.2, 0.25) is 5.02 Å². The standard InChI is InChI=1S/C15H17ClO3S/c1-20-14-5-3-10(8-13(14)16)12(15(18)19)7-9-2-4-11(17)6-9/h3,5,8-9,12H,2,4,6-7H2,1H3,(H,18,19)/t9-,12+/m0/s1. The molecule has 0 radical (unpaired) electrons. The van der Waals surface area contributed by atoms with E-state index in [0.717, 1.165) is 16.9 Å². The minimum absolute atomic E-state index is 0.183. The molecule has 108 valence electrons. The molecule has 1 aromatic carbocycles. The summed E-state index contributed by atoms with van der Waals surface area (Å²) in [6.45, 7) is 0. The van der Waals surface area contributed by atoms with Gasteiger partial charge >= 0.3 is 5.97 Å². The number of hydrogen-bond acceptors (Lipinski definition) is 3. The molecule has 0 amide bonds. The molecule has 1 aromatic rings. The highest BCUT2D eigenvalue weighted by atomic mass is 35.5. The number of ketones is 1. The fourth-order valence-electron chi connectivity index (χ4n) is 2.70. The summed E-state index contributed by atoms with van der Waals surface area (Å²) in [5.41, 5.74) is 0.722. The van der Waals surface area contributed by atoms with E-state index in [2.05, 4.69) is 0 Å². The number of Topliss-reactive ketones (excluding diaryl/α,β-unsaturated/α-hetero) is 1. The number of hydrogen-bond donors (Lipinski definition) is 1. The van der Waals surface area contributed by atoms with Crippen LogP contribution >= 0.6 is 23.4 Å². The highest BCUT2D eigenvalue weighted by Crippen LogP contribution is 2.35. The number of carbonyl (C=O) groups excluding carboxylic acids is 1. The van der Waals surface area contributed by atoms with E-state index in [4.69, 9.17) is 11.6 Å². The first kappa shape index (κ1) is 15.4. The van der Waals surface area contributed by atoms with E-state index in [1.807, 2.05) is 18.4 Å². The van der Waals surface area contributed by atoms with Crippen molar-refractivity contribution < 1.29 is 14.7 Å². The van der Waals surface area contributed by atoms with Crippen molar-refractivity contribution in [2.45, 2.75) is 36.5 Å². The number of carboxylic acids is 1. The Morgan fingerprint density at radius 1 is 1.55 bits per heavy atom. The molecule has 3 nitrogen and oxygen atoms in total. The Labute approximate surface area is 127 Å². The average molecular weight is 313 g/mol. The molecule has 1 aliphatic rings. The van der Waals surface area contributed by atoms with Crippen molar-refractivity contribution in [1.82, 2.24) is 0 Å². The molecular weight excluding hydrogens is 296 g/mol. The first-order chi connectivity index (χ1) is 9.51. The maximum Gasteiger partial charge on any atom is 0.310 e. The summed E-state index contributed by atoms with van der Waals surface area (Å²) in [5.74, 6) is -1.01. The lowest BCUT2D eigenvalue weighted by Crippen LogP contribution is -2.15. The first-order valence-corrected chi connectivity index (χ1v) is 8.19. The molecular formula is C15H17ClO3S. The Hall–Kier alpha value is -1.00. The lowest BCUT2D eigenvalue weighted by Gasteiger charge is -2.17. The summed E-state index contributed by atoms with van der Waals surface area (Å²) in [6, 6.07) is 5.42. The summed E-state index contributed by atoms with van der Waals surface area (Å²) in [5, 5.41) is 10.0. The number of aliphatic carboxylic acids is 1. The van der Waals surface area contributed by atoms with Crippen LogP contribution in [0.1, 0.15) is 37.2 Å². The third-order valence-corrected chi connectivity index (χ3v) is 5.01. The number of rotatable bonds is 5. The van der Waals surface area contributed by atoms with Crippen molar-refractivity contribution >= 4 is 35.1 Å². The molecule has 0 spiro atoms. The second kappa shape index (κ2) is 6.64. The van der Waals surface area contributed by atoms with E-state index in [1.54, 1.807) is 6.07 Å². The lowest BCUT2D eigenvalue weighted by molar-refractivity contribution is -0.139. The van der Waals surface area contributed by atoms with Gasteiger partial charge in [0.1, 0.15) is 5.78 Å². The molecule has 0 bridgehead atoms. The van der Waals surface area contributed by atoms with Crippen LogP contribution in [0.25, 0.3) is 0 Å². The van der Waals surface area contributed by atoms with Gasteiger partial charge in [-0.25, -0.2) is 0 Å². The van der Waals surface area contributed by atoms with E-state index >= 15 is 0 Å². The molecule has 0 aromatic heterocycles. The Balaban J connectivity index is 2.18. The largest absolute Gasteiger partial charge is 0.481 e. The molecule has 0 unspecified atom stereocenters. The van der Waals surface area contributed by atoms with Crippen LogP contribution in [0.15, 0.2) is 23.1 Å². The maximum absolute atomic E-state index is 11.5. The van der Waals surface area contributed by atoms with Gasteiger partial charge in [-0.15, -0.1) is 11.8 Å². The number of halogens is 1. The topological polar surface area (TPSA) is 54.4 Å². The molecule has 0 saturated heterocycles. The number of carboxylic acid groups (broad SMARTS) is 1. The Morgan fingerprint density at radius 3 is 2.80 bits per heavy atom. The van der Waals surface area contributed by atoms with E-state index in [1.165, 1.54) is 11.8 Å². The predicted octanol–water partition coefficient (Wildman–Crippen LogP) is 3.99. The SMILES string of the molecule is CSc1ccc([C@@H](C[C@H]2CCC(=O)C2)C(=O)O)cc1Cl. The summed E-state index contributed by atoms with van der Waals surface area (Å²) >= 11 is 7.68. The van der Waals surface area contributed by atoms with E-state index in [0.29, 0.717) is 24.3 Å². The molecule has 0 aliphatic heterocycles. The third-order valence-electron chi connectivity index (χ3n) is 3.79. The van der Waals surface area contributed by atoms with Crippen molar-refractivity contribution in [2.24, 2.45) is 5.92 Å². The summed E-state index contributed by atoms with van der Waals surface area (Å²) in [7, 11) is 0. The highest BCUT2D eigenvalue weighted by Gasteiger charge is 2.29. The lowest BCUT2D eigenvalue weighted by atomic mass is 9.88. The third kappa shape index (κ3) is 3.55. The van der Waals surface area contributed by atoms with Gasteiger partial charge in [-0.1, -0.05) is 17.7 Å². The maximum atomic E-state index is 11.5. The van der Waals surface area contributed by atoms with Crippen LogP contribution in [0, 0.1) is 5.92 Å². The minimum Gasteiger partial charge on any atom is -0.481 e. The molecule has 20 heavy (non-hydrogen) atoms. The fraction of sp³-hybridized carbons (Fsp3) is 0.467. The van der Waals surface area contributed by atoms with Crippen molar-refractivity contribution in [2.75, 3.05) is 6.26 Å². The van der Waals surface area contributed by atoms with Crippen LogP contribution in [0.5, 0.6) is 0 Å². The van der Waals surface area contributed by atoms with E-state index in [9.17, 15) is 14.7 Å². The van der Waals surface area contributed by atoms with Gasteiger partial charge in [-0.3, -0.25) is 9.59 Å². The average Bonchev–Trinajstić information content (AvgIpc) is 2.81. The van der Waals surface area contributed by atoms with Crippen molar-refractivity contribution in [1.29, 1.82) is 0 Å². The van der Waals surface area contributed by atoms with Gasteiger partial charge in [-0.2, -0.15) is 0 Å². The van der Waals surface area contributed by atoms with Gasteiger partial charge < -0.3 is 5.11 Å².